The molecule has 0 bridgehead atoms. The molecule has 1 aromatic carbocycles. The molecule has 1 aliphatic heterocycles. The van der Waals surface area contributed by atoms with Crippen molar-refractivity contribution in [3.63, 3.8) is 0 Å². The molecule has 1 heterocycles. The second kappa shape index (κ2) is 9.71. The number of piperidine rings is 1. The Bertz CT molecular complexity index is 704. The average Bonchev–Trinajstić information content (AvgIpc) is 3.19. The lowest BCUT2D eigenvalue weighted by Crippen LogP contribution is -2.42. The van der Waals surface area contributed by atoms with Gasteiger partial charge in [0.1, 0.15) is 5.75 Å². The van der Waals surface area contributed by atoms with Gasteiger partial charge in [0, 0.05) is 38.5 Å². The molecule has 1 N–H and O–H groups in total. The fourth-order valence-electron chi connectivity index (χ4n) is 4.18. The average molecular weight is 386 g/mol. The van der Waals surface area contributed by atoms with Crippen LogP contribution in [0.2, 0.25) is 0 Å². The Balaban J connectivity index is 1.40. The van der Waals surface area contributed by atoms with Gasteiger partial charge in [0.2, 0.25) is 5.91 Å². The van der Waals surface area contributed by atoms with Gasteiger partial charge in [-0.3, -0.25) is 14.4 Å². The highest BCUT2D eigenvalue weighted by Gasteiger charge is 2.26. The molecular weight excluding hydrogens is 356 g/mol. The molecule has 1 aromatic rings. The number of hydrogen-bond donors (Lipinski definition) is 1. The van der Waals surface area contributed by atoms with E-state index in [9.17, 15) is 14.4 Å². The summed E-state index contributed by atoms with van der Waals surface area (Å²) in [5.74, 6) is 1.06. The summed E-state index contributed by atoms with van der Waals surface area (Å²) in [6.07, 6.45) is 7.49. The minimum absolute atomic E-state index is 0.172. The molecule has 152 valence electrons. The molecule has 0 atom stereocenters. The number of hydrogen-bond acceptors (Lipinski definition) is 4. The first kappa shape index (κ1) is 20.4. The van der Waals surface area contributed by atoms with Crippen molar-refractivity contribution in [3.05, 3.63) is 29.8 Å². The second-order valence-corrected chi connectivity index (χ2v) is 8.01. The summed E-state index contributed by atoms with van der Waals surface area (Å²) in [5, 5.41) is 2.97. The van der Waals surface area contributed by atoms with E-state index in [1.165, 1.54) is 32.6 Å². The smallest absolute Gasteiger partial charge is 0.308 e. The first-order chi connectivity index (χ1) is 13.5. The summed E-state index contributed by atoms with van der Waals surface area (Å²) in [5.41, 5.74) is 0.475. The van der Waals surface area contributed by atoms with Gasteiger partial charge in [-0.25, -0.2) is 0 Å². The van der Waals surface area contributed by atoms with E-state index in [0.29, 0.717) is 42.0 Å². The van der Waals surface area contributed by atoms with Gasteiger partial charge in [0.15, 0.2) is 0 Å². The number of ether oxygens (including phenoxy) is 1. The molecule has 2 aliphatic rings. The van der Waals surface area contributed by atoms with Gasteiger partial charge < -0.3 is 15.0 Å². The Morgan fingerprint density at radius 3 is 2.46 bits per heavy atom. The van der Waals surface area contributed by atoms with Crippen LogP contribution in [0.4, 0.5) is 0 Å². The topological polar surface area (TPSA) is 75.7 Å². The van der Waals surface area contributed by atoms with Crippen molar-refractivity contribution in [2.75, 3.05) is 19.6 Å². The van der Waals surface area contributed by atoms with E-state index in [0.717, 1.165) is 25.9 Å². The Morgan fingerprint density at radius 1 is 1.07 bits per heavy atom. The quantitative estimate of drug-likeness (QED) is 0.602. The number of esters is 1. The number of likely N-dealkylation sites (tertiary alicyclic amines) is 1. The highest BCUT2D eigenvalue weighted by molar-refractivity contribution is 5.94. The molecule has 0 aromatic heterocycles. The summed E-state index contributed by atoms with van der Waals surface area (Å²) in [7, 11) is 0. The van der Waals surface area contributed by atoms with Crippen LogP contribution in [0.5, 0.6) is 5.75 Å². The molecule has 0 spiro atoms. The molecule has 0 radical (unpaired) electrons. The fourth-order valence-corrected chi connectivity index (χ4v) is 4.18. The standard InChI is InChI=1S/C22H30N2O4/c1-16(25)28-20-8-4-7-19(14-20)22(27)23-15-18-9-11-24(12-10-18)21(26)13-17-5-2-3-6-17/h4,7-8,14,17-18H,2-3,5-6,9-13,15H2,1H3,(H,23,27). The molecule has 6 nitrogen and oxygen atoms in total. The third-order valence-corrected chi connectivity index (χ3v) is 5.81. The van der Waals surface area contributed by atoms with Crippen molar-refractivity contribution >= 4 is 17.8 Å². The van der Waals surface area contributed by atoms with E-state index >= 15 is 0 Å². The lowest BCUT2D eigenvalue weighted by Gasteiger charge is -2.32. The lowest BCUT2D eigenvalue weighted by molar-refractivity contribution is -0.133. The van der Waals surface area contributed by atoms with Crippen LogP contribution in [0.15, 0.2) is 24.3 Å². The fraction of sp³-hybridized carbons (Fsp3) is 0.591. The molecule has 3 rings (SSSR count). The van der Waals surface area contributed by atoms with Crippen LogP contribution >= 0.6 is 0 Å². The van der Waals surface area contributed by atoms with Gasteiger partial charge >= 0.3 is 5.97 Å². The zero-order chi connectivity index (χ0) is 19.9. The zero-order valence-corrected chi connectivity index (χ0v) is 16.6. The van der Waals surface area contributed by atoms with Crippen molar-refractivity contribution in [2.45, 2.75) is 51.9 Å². The van der Waals surface area contributed by atoms with Crippen LogP contribution in [0.25, 0.3) is 0 Å². The molecule has 6 heteroatoms. The number of benzene rings is 1. The molecule has 2 fully saturated rings. The highest BCUT2D eigenvalue weighted by Crippen LogP contribution is 2.29. The van der Waals surface area contributed by atoms with E-state index in [4.69, 9.17) is 4.74 Å². The molecule has 2 amide bonds. The van der Waals surface area contributed by atoms with E-state index in [2.05, 4.69) is 5.32 Å². The largest absolute Gasteiger partial charge is 0.427 e. The summed E-state index contributed by atoms with van der Waals surface area (Å²) in [6, 6.07) is 6.62. The van der Waals surface area contributed by atoms with Gasteiger partial charge in [-0.2, -0.15) is 0 Å². The maximum atomic E-state index is 12.4. The van der Waals surface area contributed by atoms with Crippen LogP contribution in [0.1, 0.15) is 62.2 Å². The third kappa shape index (κ3) is 5.81. The zero-order valence-electron chi connectivity index (χ0n) is 16.6. The van der Waals surface area contributed by atoms with Crippen LogP contribution in [-0.4, -0.2) is 42.3 Å². The SMILES string of the molecule is CC(=O)Oc1cccc(C(=O)NCC2CCN(C(=O)CC3CCCC3)CC2)c1. The van der Waals surface area contributed by atoms with Crippen LogP contribution in [0.3, 0.4) is 0 Å². The summed E-state index contributed by atoms with van der Waals surface area (Å²) in [6.45, 7) is 3.50. The number of nitrogens with one attached hydrogen (secondary N) is 1. The third-order valence-electron chi connectivity index (χ3n) is 5.81. The lowest BCUT2D eigenvalue weighted by atomic mass is 9.95. The minimum Gasteiger partial charge on any atom is -0.427 e. The minimum atomic E-state index is -0.410. The maximum Gasteiger partial charge on any atom is 0.308 e. The van der Waals surface area contributed by atoms with E-state index in [-0.39, 0.29) is 5.91 Å². The van der Waals surface area contributed by atoms with Gasteiger partial charge in [-0.05, 0) is 55.7 Å². The maximum absolute atomic E-state index is 12.4. The predicted molar refractivity (Wildman–Crippen MR) is 106 cm³/mol. The Labute approximate surface area is 166 Å². The van der Waals surface area contributed by atoms with Gasteiger partial charge in [0.05, 0.1) is 0 Å². The monoisotopic (exact) mass is 386 g/mol. The molecular formula is C22H30N2O4. The van der Waals surface area contributed by atoms with Crippen LogP contribution in [0, 0.1) is 11.8 Å². The number of carbonyl (C=O) groups is 3. The van der Waals surface area contributed by atoms with Gasteiger partial charge in [-0.15, -0.1) is 0 Å². The van der Waals surface area contributed by atoms with Crippen molar-refractivity contribution in [2.24, 2.45) is 11.8 Å². The van der Waals surface area contributed by atoms with Crippen molar-refractivity contribution in [3.8, 4) is 5.75 Å². The summed E-state index contributed by atoms with van der Waals surface area (Å²) < 4.78 is 5.02. The second-order valence-electron chi connectivity index (χ2n) is 8.01. The molecule has 28 heavy (non-hydrogen) atoms. The predicted octanol–water partition coefficient (Wildman–Crippen LogP) is 3.16. The molecule has 1 saturated heterocycles. The molecule has 0 unspecified atom stereocenters. The Kier molecular flexibility index (Phi) is 7.06. The van der Waals surface area contributed by atoms with Crippen LogP contribution < -0.4 is 10.1 Å². The normalized spacial score (nSPS) is 18.1. The first-order valence-electron chi connectivity index (χ1n) is 10.4. The Morgan fingerprint density at radius 2 is 1.79 bits per heavy atom. The van der Waals surface area contributed by atoms with Gasteiger partial charge in [-0.1, -0.05) is 18.9 Å². The number of amides is 2. The highest BCUT2D eigenvalue weighted by atomic mass is 16.5. The summed E-state index contributed by atoms with van der Waals surface area (Å²) >= 11 is 0. The first-order valence-corrected chi connectivity index (χ1v) is 10.4. The number of nitrogens with zero attached hydrogens (tertiary/aromatic N) is 1. The summed E-state index contributed by atoms with van der Waals surface area (Å²) in [4.78, 5) is 37.9. The van der Waals surface area contributed by atoms with Crippen molar-refractivity contribution in [1.82, 2.24) is 10.2 Å². The Hall–Kier alpha value is -2.37. The van der Waals surface area contributed by atoms with Crippen molar-refractivity contribution in [1.29, 1.82) is 0 Å². The van der Waals surface area contributed by atoms with E-state index in [1.54, 1.807) is 24.3 Å². The molecule has 1 saturated carbocycles. The number of carbonyl (C=O) groups excluding carboxylic acids is 3. The van der Waals surface area contributed by atoms with Crippen molar-refractivity contribution < 1.29 is 19.1 Å². The van der Waals surface area contributed by atoms with Crippen LogP contribution in [-0.2, 0) is 9.59 Å². The number of rotatable bonds is 6. The van der Waals surface area contributed by atoms with Gasteiger partial charge in [0.25, 0.3) is 5.91 Å². The molecule has 1 aliphatic carbocycles. The van der Waals surface area contributed by atoms with E-state index in [1.807, 2.05) is 4.90 Å². The van der Waals surface area contributed by atoms with E-state index < -0.39 is 5.97 Å².